The topological polar surface area (TPSA) is 66.5 Å². The number of nitrogens with zero attached hydrogens (tertiary/aromatic N) is 1. The molecule has 0 radical (unpaired) electrons. The van der Waals surface area contributed by atoms with Gasteiger partial charge in [0.1, 0.15) is 0 Å². The Labute approximate surface area is 142 Å². The average molecular weight is 344 g/mol. The van der Waals surface area contributed by atoms with Crippen LogP contribution in [-0.4, -0.2) is 32.7 Å². The van der Waals surface area contributed by atoms with Gasteiger partial charge in [0.15, 0.2) is 0 Å². The van der Waals surface area contributed by atoms with Crippen molar-refractivity contribution in [3.05, 3.63) is 65.2 Å². The lowest BCUT2D eigenvalue weighted by atomic mass is 10.1. The van der Waals surface area contributed by atoms with Crippen LogP contribution in [-0.2, 0) is 16.4 Å². The lowest BCUT2D eigenvalue weighted by Crippen LogP contribution is -2.28. The van der Waals surface area contributed by atoms with Gasteiger partial charge in [0.25, 0.3) is 5.91 Å². The van der Waals surface area contributed by atoms with Gasteiger partial charge in [-0.05, 0) is 42.2 Å². The Hall–Kier alpha value is -2.18. The van der Waals surface area contributed by atoms with Crippen molar-refractivity contribution in [2.45, 2.75) is 23.8 Å². The first-order valence-corrected chi connectivity index (χ1v) is 9.25. The molecule has 0 bridgehead atoms. The van der Waals surface area contributed by atoms with E-state index in [9.17, 15) is 13.2 Å². The lowest BCUT2D eigenvalue weighted by molar-refractivity contribution is 0.0936. The Morgan fingerprint density at radius 1 is 1.12 bits per heavy atom. The zero-order chi connectivity index (χ0) is 17.3. The standard InChI is InChI=1S/C18H20N2O3S/c1-20(2)24(22,23)15-8-5-7-14(12-15)18(21)19-17-11-10-13-6-3-4-9-16(13)17/h3-9,12,17H,10-11H2,1-2H3,(H,19,21)/t17-/m0/s1. The summed E-state index contributed by atoms with van der Waals surface area (Å²) in [5.41, 5.74) is 2.75. The van der Waals surface area contributed by atoms with Gasteiger partial charge in [-0.15, -0.1) is 0 Å². The van der Waals surface area contributed by atoms with Crippen LogP contribution in [0.2, 0.25) is 0 Å². The van der Waals surface area contributed by atoms with E-state index >= 15 is 0 Å². The van der Waals surface area contributed by atoms with Crippen molar-refractivity contribution in [3.8, 4) is 0 Å². The van der Waals surface area contributed by atoms with E-state index in [1.807, 2.05) is 18.2 Å². The molecule has 24 heavy (non-hydrogen) atoms. The Balaban J connectivity index is 1.82. The molecule has 126 valence electrons. The summed E-state index contributed by atoms with van der Waals surface area (Å²) < 4.78 is 25.6. The third kappa shape index (κ3) is 3.07. The molecule has 5 nitrogen and oxygen atoms in total. The molecule has 0 aromatic heterocycles. The molecular formula is C18H20N2O3S. The number of benzene rings is 2. The predicted octanol–water partition coefficient (Wildman–Crippen LogP) is 2.35. The van der Waals surface area contributed by atoms with Crippen LogP contribution in [0, 0.1) is 0 Å². The third-order valence-corrected chi connectivity index (χ3v) is 6.12. The summed E-state index contributed by atoms with van der Waals surface area (Å²) in [6.07, 6.45) is 1.80. The number of nitrogens with one attached hydrogen (secondary N) is 1. The van der Waals surface area contributed by atoms with Crippen LogP contribution in [0.5, 0.6) is 0 Å². The van der Waals surface area contributed by atoms with Gasteiger partial charge in [0.2, 0.25) is 10.0 Å². The van der Waals surface area contributed by atoms with Crippen LogP contribution in [0.3, 0.4) is 0 Å². The number of amides is 1. The molecular weight excluding hydrogens is 324 g/mol. The summed E-state index contributed by atoms with van der Waals surface area (Å²) in [5, 5.41) is 3.01. The molecule has 1 aliphatic rings. The van der Waals surface area contributed by atoms with Crippen molar-refractivity contribution < 1.29 is 13.2 Å². The largest absolute Gasteiger partial charge is 0.345 e. The third-order valence-electron chi connectivity index (χ3n) is 4.31. The van der Waals surface area contributed by atoms with E-state index < -0.39 is 10.0 Å². The quantitative estimate of drug-likeness (QED) is 0.926. The number of fused-ring (bicyclic) bond motifs is 1. The molecule has 0 unspecified atom stereocenters. The van der Waals surface area contributed by atoms with Crippen LogP contribution < -0.4 is 5.32 Å². The maximum absolute atomic E-state index is 12.5. The highest BCUT2D eigenvalue weighted by atomic mass is 32.2. The number of rotatable bonds is 4. The maximum Gasteiger partial charge on any atom is 0.251 e. The van der Waals surface area contributed by atoms with E-state index in [2.05, 4.69) is 11.4 Å². The van der Waals surface area contributed by atoms with E-state index in [1.54, 1.807) is 12.1 Å². The fourth-order valence-corrected chi connectivity index (χ4v) is 3.91. The van der Waals surface area contributed by atoms with Crippen LogP contribution in [0.4, 0.5) is 0 Å². The van der Waals surface area contributed by atoms with Gasteiger partial charge >= 0.3 is 0 Å². The molecule has 2 aromatic carbocycles. The van der Waals surface area contributed by atoms with Gasteiger partial charge in [-0.25, -0.2) is 12.7 Å². The van der Waals surface area contributed by atoms with Gasteiger partial charge in [0, 0.05) is 19.7 Å². The van der Waals surface area contributed by atoms with Gasteiger partial charge in [0.05, 0.1) is 10.9 Å². The Bertz CT molecular complexity index is 875. The second kappa shape index (κ2) is 6.37. The second-order valence-corrected chi connectivity index (χ2v) is 8.23. The van der Waals surface area contributed by atoms with Crippen molar-refractivity contribution in [2.24, 2.45) is 0 Å². The molecule has 0 aliphatic heterocycles. The molecule has 1 atom stereocenters. The molecule has 1 aliphatic carbocycles. The number of carbonyl (C=O) groups is 1. The first kappa shape index (κ1) is 16.7. The summed E-state index contributed by atoms with van der Waals surface area (Å²) in [4.78, 5) is 12.7. The minimum atomic E-state index is -3.56. The number of hydrogen-bond acceptors (Lipinski definition) is 3. The number of carbonyl (C=O) groups excluding carboxylic acids is 1. The molecule has 0 spiro atoms. The summed E-state index contributed by atoms with van der Waals surface area (Å²) in [6, 6.07) is 14.2. The van der Waals surface area contributed by atoms with Crippen molar-refractivity contribution >= 4 is 15.9 Å². The molecule has 0 saturated heterocycles. The first-order chi connectivity index (χ1) is 11.4. The van der Waals surface area contributed by atoms with Gasteiger partial charge < -0.3 is 5.32 Å². The van der Waals surface area contributed by atoms with Crippen molar-refractivity contribution in [1.82, 2.24) is 9.62 Å². The first-order valence-electron chi connectivity index (χ1n) is 7.81. The number of sulfonamides is 1. The fourth-order valence-electron chi connectivity index (χ4n) is 2.96. The minimum Gasteiger partial charge on any atom is -0.345 e. The summed E-state index contributed by atoms with van der Waals surface area (Å²) in [6.45, 7) is 0. The van der Waals surface area contributed by atoms with E-state index in [0.717, 1.165) is 22.7 Å². The van der Waals surface area contributed by atoms with Crippen molar-refractivity contribution in [1.29, 1.82) is 0 Å². The monoisotopic (exact) mass is 344 g/mol. The van der Waals surface area contributed by atoms with Crippen LogP contribution in [0.15, 0.2) is 53.4 Å². The minimum absolute atomic E-state index is 0.0252. The van der Waals surface area contributed by atoms with E-state index in [0.29, 0.717) is 5.56 Å². The summed E-state index contributed by atoms with van der Waals surface area (Å²) >= 11 is 0. The van der Waals surface area contributed by atoms with E-state index in [-0.39, 0.29) is 16.8 Å². The molecule has 1 amide bonds. The van der Waals surface area contributed by atoms with Crippen LogP contribution in [0.25, 0.3) is 0 Å². The van der Waals surface area contributed by atoms with E-state index in [4.69, 9.17) is 0 Å². The summed E-state index contributed by atoms with van der Waals surface area (Å²) in [7, 11) is -0.616. The Kier molecular flexibility index (Phi) is 4.43. The van der Waals surface area contributed by atoms with Gasteiger partial charge in [-0.2, -0.15) is 0 Å². The highest BCUT2D eigenvalue weighted by Crippen LogP contribution is 2.31. The molecule has 6 heteroatoms. The van der Waals surface area contributed by atoms with Crippen LogP contribution >= 0.6 is 0 Å². The smallest absolute Gasteiger partial charge is 0.251 e. The van der Waals surface area contributed by atoms with Crippen molar-refractivity contribution in [3.63, 3.8) is 0 Å². The SMILES string of the molecule is CN(C)S(=O)(=O)c1cccc(C(=O)N[C@H]2CCc3ccccc32)c1. The molecule has 0 heterocycles. The number of hydrogen-bond donors (Lipinski definition) is 1. The van der Waals surface area contributed by atoms with Gasteiger partial charge in [-0.3, -0.25) is 4.79 Å². The number of aryl methyl sites for hydroxylation is 1. The second-order valence-electron chi connectivity index (χ2n) is 6.08. The summed E-state index contributed by atoms with van der Waals surface area (Å²) in [5.74, 6) is -0.257. The normalized spacial score (nSPS) is 16.9. The average Bonchev–Trinajstić information content (AvgIpc) is 2.98. The highest BCUT2D eigenvalue weighted by molar-refractivity contribution is 7.89. The van der Waals surface area contributed by atoms with E-state index in [1.165, 1.54) is 31.8 Å². The molecule has 2 aromatic rings. The zero-order valence-corrected chi connectivity index (χ0v) is 14.5. The van der Waals surface area contributed by atoms with Gasteiger partial charge in [-0.1, -0.05) is 30.3 Å². The molecule has 0 saturated carbocycles. The molecule has 1 N–H and O–H groups in total. The molecule has 0 fully saturated rings. The fraction of sp³-hybridized carbons (Fsp3) is 0.278. The molecule has 3 rings (SSSR count). The maximum atomic E-state index is 12.5. The Morgan fingerprint density at radius 2 is 1.88 bits per heavy atom. The highest BCUT2D eigenvalue weighted by Gasteiger charge is 2.24. The van der Waals surface area contributed by atoms with Crippen molar-refractivity contribution in [2.75, 3.05) is 14.1 Å². The predicted molar refractivity (Wildman–Crippen MR) is 92.3 cm³/mol. The lowest BCUT2D eigenvalue weighted by Gasteiger charge is -2.15. The Morgan fingerprint density at radius 3 is 2.62 bits per heavy atom. The van der Waals surface area contributed by atoms with Crippen LogP contribution in [0.1, 0.15) is 33.9 Å². The zero-order valence-electron chi connectivity index (χ0n) is 13.7.